The Labute approximate surface area is 151 Å². The van der Waals surface area contributed by atoms with E-state index in [2.05, 4.69) is 31.3 Å². The van der Waals surface area contributed by atoms with Crippen LogP contribution in [0.1, 0.15) is 5.56 Å². The molecule has 0 heterocycles. The summed E-state index contributed by atoms with van der Waals surface area (Å²) in [7, 11) is 0. The van der Waals surface area contributed by atoms with E-state index >= 15 is 0 Å². The fourth-order valence-corrected chi connectivity index (χ4v) is 2.76. The molecule has 2 rings (SSSR count). The summed E-state index contributed by atoms with van der Waals surface area (Å²) in [6.45, 7) is -1.09. The van der Waals surface area contributed by atoms with Crippen molar-refractivity contribution in [1.82, 2.24) is 0 Å². The zero-order valence-electron chi connectivity index (χ0n) is 11.9. The Kier molecular flexibility index (Phi) is 6.15. The smallest absolute Gasteiger partial charge is 0.387 e. The van der Waals surface area contributed by atoms with Crippen molar-refractivity contribution in [1.29, 1.82) is 0 Å². The molecule has 2 N–H and O–H groups in total. The molecule has 0 spiro atoms. The van der Waals surface area contributed by atoms with Gasteiger partial charge in [0.15, 0.2) is 5.11 Å². The van der Waals surface area contributed by atoms with Crippen LogP contribution in [-0.4, -0.2) is 11.7 Å². The number of anilines is 2. The molecule has 0 bridgehead atoms. The van der Waals surface area contributed by atoms with Crippen molar-refractivity contribution in [3.63, 3.8) is 0 Å². The van der Waals surface area contributed by atoms with Gasteiger partial charge < -0.3 is 15.4 Å². The first-order valence-corrected chi connectivity index (χ1v) is 8.01. The molecule has 122 valence electrons. The SMILES string of the molecule is Cc1cc(OC(F)F)ccc1NC(=S)Nc1ccc(Br)cc1Cl. The van der Waals surface area contributed by atoms with Crippen LogP contribution < -0.4 is 15.4 Å². The maximum Gasteiger partial charge on any atom is 0.387 e. The van der Waals surface area contributed by atoms with Crippen LogP contribution in [0, 0.1) is 6.92 Å². The highest BCUT2D eigenvalue weighted by Gasteiger charge is 2.08. The van der Waals surface area contributed by atoms with E-state index < -0.39 is 6.61 Å². The van der Waals surface area contributed by atoms with Crippen LogP contribution in [-0.2, 0) is 0 Å². The van der Waals surface area contributed by atoms with Crippen LogP contribution in [0.5, 0.6) is 5.75 Å². The van der Waals surface area contributed by atoms with E-state index in [-0.39, 0.29) is 5.75 Å². The zero-order valence-corrected chi connectivity index (χ0v) is 15.0. The molecule has 8 heteroatoms. The predicted octanol–water partition coefficient (Wildman–Crippen LogP) is 5.82. The molecular weight excluding hydrogens is 410 g/mol. The summed E-state index contributed by atoms with van der Waals surface area (Å²) in [5, 5.41) is 6.81. The van der Waals surface area contributed by atoms with Crippen molar-refractivity contribution in [2.45, 2.75) is 13.5 Å². The molecule has 2 aromatic carbocycles. The summed E-state index contributed by atoms with van der Waals surface area (Å²) < 4.78 is 29.6. The lowest BCUT2D eigenvalue weighted by atomic mass is 10.2. The number of hydrogen-bond donors (Lipinski definition) is 2. The van der Waals surface area contributed by atoms with Gasteiger partial charge in [-0.1, -0.05) is 27.5 Å². The van der Waals surface area contributed by atoms with Gasteiger partial charge in [-0.15, -0.1) is 0 Å². The largest absolute Gasteiger partial charge is 0.435 e. The first-order valence-electron chi connectivity index (χ1n) is 6.43. The van der Waals surface area contributed by atoms with Crippen molar-refractivity contribution < 1.29 is 13.5 Å². The minimum atomic E-state index is -2.85. The van der Waals surface area contributed by atoms with E-state index in [9.17, 15) is 8.78 Å². The van der Waals surface area contributed by atoms with Crippen LogP contribution in [0.15, 0.2) is 40.9 Å². The van der Waals surface area contributed by atoms with Gasteiger partial charge in [-0.3, -0.25) is 0 Å². The maximum absolute atomic E-state index is 12.2. The highest BCUT2D eigenvalue weighted by Crippen LogP contribution is 2.26. The monoisotopic (exact) mass is 420 g/mol. The van der Waals surface area contributed by atoms with Gasteiger partial charge in [0, 0.05) is 10.2 Å². The number of nitrogens with one attached hydrogen (secondary N) is 2. The second-order valence-electron chi connectivity index (χ2n) is 4.56. The van der Waals surface area contributed by atoms with Gasteiger partial charge in [-0.2, -0.15) is 8.78 Å². The molecular formula is C15H12BrClF2N2OS. The molecule has 0 unspecified atom stereocenters. The van der Waals surface area contributed by atoms with Gasteiger partial charge in [0.1, 0.15) is 5.75 Å². The molecule has 0 aliphatic heterocycles. The number of alkyl halides is 2. The van der Waals surface area contributed by atoms with Gasteiger partial charge in [0.05, 0.1) is 10.7 Å². The van der Waals surface area contributed by atoms with Crippen LogP contribution in [0.4, 0.5) is 20.2 Å². The van der Waals surface area contributed by atoms with Crippen LogP contribution in [0.3, 0.4) is 0 Å². The number of hydrogen-bond acceptors (Lipinski definition) is 2. The second-order valence-corrected chi connectivity index (χ2v) is 6.29. The standard InChI is InChI=1S/C15H12BrClF2N2OS/c1-8-6-10(22-14(18)19)3-5-12(8)20-15(23)21-13-4-2-9(16)7-11(13)17/h2-7,14H,1H3,(H2,20,21,23). The topological polar surface area (TPSA) is 33.3 Å². The average Bonchev–Trinajstić information content (AvgIpc) is 2.44. The Hall–Kier alpha value is -1.44. The first-order chi connectivity index (χ1) is 10.8. The van der Waals surface area contributed by atoms with Crippen molar-refractivity contribution in [2.75, 3.05) is 10.6 Å². The van der Waals surface area contributed by atoms with Crippen molar-refractivity contribution >= 4 is 56.2 Å². The van der Waals surface area contributed by atoms with Gasteiger partial charge in [0.2, 0.25) is 0 Å². The van der Waals surface area contributed by atoms with E-state index in [1.807, 2.05) is 6.07 Å². The Morgan fingerprint density at radius 3 is 2.43 bits per heavy atom. The van der Waals surface area contributed by atoms with Gasteiger partial charge in [-0.05, 0) is 61.1 Å². The minimum absolute atomic E-state index is 0.0953. The van der Waals surface area contributed by atoms with E-state index in [1.54, 1.807) is 25.1 Å². The van der Waals surface area contributed by atoms with E-state index in [1.165, 1.54) is 12.1 Å². The van der Waals surface area contributed by atoms with Crippen molar-refractivity contribution in [3.05, 3.63) is 51.5 Å². The number of benzene rings is 2. The average molecular weight is 422 g/mol. The lowest BCUT2D eigenvalue weighted by Gasteiger charge is -2.14. The highest BCUT2D eigenvalue weighted by molar-refractivity contribution is 9.10. The highest BCUT2D eigenvalue weighted by atomic mass is 79.9. The molecule has 0 aliphatic carbocycles. The van der Waals surface area contributed by atoms with E-state index in [0.717, 1.165) is 4.47 Å². The molecule has 0 amide bonds. The summed E-state index contributed by atoms with van der Waals surface area (Å²) >= 11 is 14.7. The summed E-state index contributed by atoms with van der Waals surface area (Å²) in [4.78, 5) is 0. The number of aryl methyl sites for hydroxylation is 1. The summed E-state index contributed by atoms with van der Waals surface area (Å²) in [6, 6.07) is 9.92. The van der Waals surface area contributed by atoms with Crippen molar-refractivity contribution in [2.24, 2.45) is 0 Å². The van der Waals surface area contributed by atoms with Crippen LogP contribution in [0.2, 0.25) is 5.02 Å². The lowest BCUT2D eigenvalue weighted by Crippen LogP contribution is -2.19. The number of ether oxygens (including phenoxy) is 1. The third-order valence-electron chi connectivity index (χ3n) is 2.85. The quantitative estimate of drug-likeness (QED) is 0.609. The third kappa shape index (κ3) is 5.30. The molecule has 0 fully saturated rings. The Morgan fingerprint density at radius 1 is 1.17 bits per heavy atom. The number of thiocarbonyl (C=S) groups is 1. The minimum Gasteiger partial charge on any atom is -0.435 e. The molecule has 2 aromatic rings. The Balaban J connectivity index is 2.05. The Bertz CT molecular complexity index is 731. The first kappa shape index (κ1) is 17.9. The summed E-state index contributed by atoms with van der Waals surface area (Å²) in [5.74, 6) is 0.0953. The van der Waals surface area contributed by atoms with Crippen LogP contribution in [0.25, 0.3) is 0 Å². The molecule has 23 heavy (non-hydrogen) atoms. The molecule has 0 radical (unpaired) electrons. The van der Waals surface area contributed by atoms with Gasteiger partial charge in [-0.25, -0.2) is 0 Å². The van der Waals surface area contributed by atoms with Gasteiger partial charge >= 0.3 is 6.61 Å². The molecule has 0 saturated heterocycles. The lowest BCUT2D eigenvalue weighted by molar-refractivity contribution is -0.0498. The van der Waals surface area contributed by atoms with E-state index in [0.29, 0.717) is 27.1 Å². The van der Waals surface area contributed by atoms with E-state index in [4.69, 9.17) is 23.8 Å². The zero-order chi connectivity index (χ0) is 17.0. The van der Waals surface area contributed by atoms with Crippen molar-refractivity contribution in [3.8, 4) is 5.75 Å². The fourth-order valence-electron chi connectivity index (χ4n) is 1.82. The molecule has 0 aromatic heterocycles. The number of rotatable bonds is 4. The summed E-state index contributed by atoms with van der Waals surface area (Å²) in [6.07, 6.45) is 0. The molecule has 0 atom stereocenters. The molecule has 0 saturated carbocycles. The maximum atomic E-state index is 12.2. The summed E-state index contributed by atoms with van der Waals surface area (Å²) in [5.41, 5.74) is 2.05. The predicted molar refractivity (Wildman–Crippen MR) is 96.8 cm³/mol. The number of halogens is 4. The third-order valence-corrected chi connectivity index (χ3v) is 3.86. The molecule has 0 aliphatic rings. The Morgan fingerprint density at radius 2 is 1.83 bits per heavy atom. The normalized spacial score (nSPS) is 10.5. The fraction of sp³-hybridized carbons (Fsp3) is 0.133. The van der Waals surface area contributed by atoms with Gasteiger partial charge in [0.25, 0.3) is 0 Å². The molecule has 3 nitrogen and oxygen atoms in total. The second kappa shape index (κ2) is 7.90. The van der Waals surface area contributed by atoms with Crippen LogP contribution >= 0.6 is 39.7 Å².